The first-order chi connectivity index (χ1) is 9.95. The van der Waals surface area contributed by atoms with Crippen LogP contribution in [0, 0.1) is 10.1 Å². The van der Waals surface area contributed by atoms with Crippen molar-refractivity contribution in [3.05, 3.63) is 32.8 Å². The molecule has 0 atom stereocenters. The van der Waals surface area contributed by atoms with Gasteiger partial charge in [0.25, 0.3) is 5.69 Å². The number of hydrogen-bond acceptors (Lipinski definition) is 5. The van der Waals surface area contributed by atoms with E-state index in [1.165, 1.54) is 0 Å². The van der Waals surface area contributed by atoms with E-state index in [0.29, 0.717) is 0 Å². The first-order valence-corrected chi connectivity index (χ1v) is 6.92. The summed E-state index contributed by atoms with van der Waals surface area (Å²) in [6, 6.07) is 2.26. The van der Waals surface area contributed by atoms with Gasteiger partial charge in [0, 0.05) is 24.7 Å². The lowest BCUT2D eigenvalue weighted by molar-refractivity contribution is -0.384. The lowest BCUT2D eigenvalue weighted by Crippen LogP contribution is -2.42. The molecule has 0 radical (unpaired) electrons. The highest BCUT2D eigenvalue weighted by molar-refractivity contribution is 6.34. The Morgan fingerprint density at radius 3 is 2.57 bits per heavy atom. The molecule has 0 spiro atoms. The number of benzene rings is 1. The number of hydrogen-bond donors (Lipinski definition) is 2. The van der Waals surface area contributed by atoms with E-state index in [4.69, 9.17) is 11.6 Å². The van der Waals surface area contributed by atoms with Gasteiger partial charge in [0.1, 0.15) is 0 Å². The van der Waals surface area contributed by atoms with Crippen molar-refractivity contribution in [2.45, 2.75) is 25.3 Å². The molecule has 1 fully saturated rings. The second-order valence-corrected chi connectivity index (χ2v) is 5.29. The maximum absolute atomic E-state index is 11.4. The van der Waals surface area contributed by atoms with E-state index in [0.717, 1.165) is 31.4 Å². The summed E-state index contributed by atoms with van der Waals surface area (Å²) in [5, 5.41) is 29.4. The van der Waals surface area contributed by atoms with Crippen LogP contribution in [0.2, 0.25) is 5.02 Å². The summed E-state index contributed by atoms with van der Waals surface area (Å²) in [5.74, 6) is -1.28. The Morgan fingerprint density at radius 2 is 2.14 bits per heavy atom. The van der Waals surface area contributed by atoms with Crippen LogP contribution in [-0.4, -0.2) is 40.3 Å². The highest BCUT2D eigenvalue weighted by Gasteiger charge is 2.31. The molecule has 2 N–H and O–H groups in total. The van der Waals surface area contributed by atoms with Crippen molar-refractivity contribution in [1.29, 1.82) is 0 Å². The number of carboxylic acid groups (broad SMARTS) is 1. The van der Waals surface area contributed by atoms with E-state index >= 15 is 0 Å². The molecule has 114 valence electrons. The summed E-state index contributed by atoms with van der Waals surface area (Å²) < 4.78 is 0. The largest absolute Gasteiger partial charge is 0.478 e. The van der Waals surface area contributed by atoms with Gasteiger partial charge in [-0.15, -0.1) is 0 Å². The van der Waals surface area contributed by atoms with Gasteiger partial charge in [0.2, 0.25) is 0 Å². The van der Waals surface area contributed by atoms with Crippen LogP contribution in [-0.2, 0) is 0 Å². The number of aliphatic hydroxyl groups is 1. The predicted molar refractivity (Wildman–Crippen MR) is 77.1 cm³/mol. The summed E-state index contributed by atoms with van der Waals surface area (Å²) in [6.45, 7) is 0.0886. The zero-order valence-corrected chi connectivity index (χ0v) is 11.9. The molecule has 8 heteroatoms. The number of halogens is 1. The number of nitrogens with zero attached hydrogens (tertiary/aromatic N) is 2. The molecule has 1 aliphatic rings. The van der Waals surface area contributed by atoms with Crippen LogP contribution in [0.15, 0.2) is 12.1 Å². The van der Waals surface area contributed by atoms with Gasteiger partial charge in [0.05, 0.1) is 27.8 Å². The van der Waals surface area contributed by atoms with E-state index in [-0.39, 0.29) is 41.2 Å². The van der Waals surface area contributed by atoms with Crippen molar-refractivity contribution in [3.63, 3.8) is 0 Å². The molecule has 0 aliphatic heterocycles. The molecule has 0 aromatic heterocycles. The Kier molecular flexibility index (Phi) is 4.64. The number of rotatable bonds is 6. The molecule has 0 saturated heterocycles. The fraction of sp³-hybridized carbons (Fsp3) is 0.462. The average molecular weight is 315 g/mol. The van der Waals surface area contributed by atoms with Gasteiger partial charge in [-0.25, -0.2) is 4.79 Å². The minimum atomic E-state index is -1.28. The summed E-state index contributed by atoms with van der Waals surface area (Å²) in [6.07, 6.45) is 2.79. The van der Waals surface area contributed by atoms with Crippen LogP contribution in [0.1, 0.15) is 29.6 Å². The monoisotopic (exact) mass is 314 g/mol. The molecule has 7 nitrogen and oxygen atoms in total. The van der Waals surface area contributed by atoms with Crippen LogP contribution in [0.25, 0.3) is 0 Å². The molecule has 1 saturated carbocycles. The summed E-state index contributed by atoms with van der Waals surface area (Å²) in [4.78, 5) is 23.3. The molecule has 1 aromatic carbocycles. The van der Waals surface area contributed by atoms with E-state index < -0.39 is 10.9 Å². The van der Waals surface area contributed by atoms with Crippen LogP contribution in [0.3, 0.4) is 0 Å². The standard InChI is InChI=1S/C13H15ClN2O5/c14-11-7-9(16(20)21)6-10(13(18)19)12(11)15(4-5-17)8-2-1-3-8/h6-8,17H,1-5H2,(H,18,19). The molecule has 0 bridgehead atoms. The first kappa shape index (κ1) is 15.5. The van der Waals surface area contributed by atoms with Crippen LogP contribution < -0.4 is 4.90 Å². The maximum atomic E-state index is 11.4. The smallest absolute Gasteiger partial charge is 0.338 e. The third-order valence-electron chi connectivity index (χ3n) is 3.63. The van der Waals surface area contributed by atoms with Crippen LogP contribution in [0.4, 0.5) is 11.4 Å². The normalized spacial score (nSPS) is 14.6. The van der Waals surface area contributed by atoms with Gasteiger partial charge < -0.3 is 15.1 Å². The molecule has 0 amide bonds. The highest BCUT2D eigenvalue weighted by Crippen LogP contribution is 2.38. The van der Waals surface area contributed by atoms with Gasteiger partial charge in [-0.05, 0) is 19.3 Å². The van der Waals surface area contributed by atoms with Crippen LogP contribution >= 0.6 is 11.6 Å². The number of carbonyl (C=O) groups is 1. The van der Waals surface area contributed by atoms with Crippen LogP contribution in [0.5, 0.6) is 0 Å². The number of nitro benzene ring substituents is 1. The van der Waals surface area contributed by atoms with Gasteiger partial charge in [-0.2, -0.15) is 0 Å². The van der Waals surface area contributed by atoms with Gasteiger partial charge in [-0.1, -0.05) is 11.6 Å². The summed E-state index contributed by atoms with van der Waals surface area (Å²) in [5.41, 5.74) is -0.332. The van der Waals surface area contributed by atoms with Crippen molar-refractivity contribution < 1.29 is 19.9 Å². The van der Waals surface area contributed by atoms with Crippen molar-refractivity contribution >= 4 is 28.9 Å². The van der Waals surface area contributed by atoms with Gasteiger partial charge in [0.15, 0.2) is 0 Å². The molecule has 0 unspecified atom stereocenters. The zero-order valence-electron chi connectivity index (χ0n) is 11.2. The second kappa shape index (κ2) is 6.28. The van der Waals surface area contributed by atoms with Crippen molar-refractivity contribution in [1.82, 2.24) is 0 Å². The maximum Gasteiger partial charge on any atom is 0.338 e. The first-order valence-electron chi connectivity index (χ1n) is 6.54. The van der Waals surface area contributed by atoms with Crippen molar-refractivity contribution in [2.24, 2.45) is 0 Å². The minimum absolute atomic E-state index is 0.0157. The number of aliphatic hydroxyl groups excluding tert-OH is 1. The number of carboxylic acids is 1. The van der Waals surface area contributed by atoms with Crippen molar-refractivity contribution in [2.75, 3.05) is 18.1 Å². The summed E-state index contributed by atoms with van der Waals surface area (Å²) in [7, 11) is 0. The lowest BCUT2D eigenvalue weighted by Gasteiger charge is -2.39. The van der Waals surface area contributed by atoms with E-state index in [1.807, 2.05) is 0 Å². The van der Waals surface area contributed by atoms with Gasteiger partial charge in [-0.3, -0.25) is 10.1 Å². The third-order valence-corrected chi connectivity index (χ3v) is 3.92. The highest BCUT2D eigenvalue weighted by atomic mass is 35.5. The van der Waals surface area contributed by atoms with E-state index in [1.54, 1.807) is 4.90 Å². The topological polar surface area (TPSA) is 104 Å². The number of aromatic carboxylic acids is 1. The number of non-ortho nitro benzene ring substituents is 1. The number of nitro groups is 1. The Labute approximate surface area is 125 Å². The number of anilines is 1. The van der Waals surface area contributed by atoms with E-state index in [2.05, 4.69) is 0 Å². The molecule has 0 heterocycles. The van der Waals surface area contributed by atoms with Crippen molar-refractivity contribution in [3.8, 4) is 0 Å². The molecular formula is C13H15ClN2O5. The zero-order chi connectivity index (χ0) is 15.6. The Balaban J connectivity index is 2.53. The SMILES string of the molecule is O=C(O)c1cc([N+](=O)[O-])cc(Cl)c1N(CCO)C1CCC1. The van der Waals surface area contributed by atoms with Gasteiger partial charge >= 0.3 is 5.97 Å². The Morgan fingerprint density at radius 1 is 1.48 bits per heavy atom. The fourth-order valence-corrected chi connectivity index (χ4v) is 2.75. The molecule has 1 aliphatic carbocycles. The molecule has 2 rings (SSSR count). The predicted octanol–water partition coefficient (Wildman–Crippen LogP) is 2.30. The van der Waals surface area contributed by atoms with E-state index in [9.17, 15) is 25.1 Å². The lowest BCUT2D eigenvalue weighted by atomic mass is 9.90. The fourth-order valence-electron chi connectivity index (χ4n) is 2.43. The minimum Gasteiger partial charge on any atom is -0.478 e. The average Bonchev–Trinajstić information content (AvgIpc) is 2.35. The quantitative estimate of drug-likeness (QED) is 0.616. The second-order valence-electron chi connectivity index (χ2n) is 4.89. The Hall–Kier alpha value is -1.86. The molecular weight excluding hydrogens is 300 g/mol. The third kappa shape index (κ3) is 3.08. The summed E-state index contributed by atoms with van der Waals surface area (Å²) >= 11 is 6.09. The Bertz CT molecular complexity index is 574. The molecule has 1 aromatic rings. The molecule has 21 heavy (non-hydrogen) atoms.